The predicted molar refractivity (Wildman–Crippen MR) is 107 cm³/mol. The van der Waals surface area contributed by atoms with E-state index in [1.54, 1.807) is 0 Å². The first-order valence-corrected chi connectivity index (χ1v) is 10.8. The summed E-state index contributed by atoms with van der Waals surface area (Å²) in [6, 6.07) is -0.625. The van der Waals surface area contributed by atoms with Gasteiger partial charge < -0.3 is 20.7 Å². The van der Waals surface area contributed by atoms with Crippen molar-refractivity contribution in [1.82, 2.24) is 10.2 Å². The van der Waals surface area contributed by atoms with Gasteiger partial charge >= 0.3 is 0 Å². The van der Waals surface area contributed by atoms with Gasteiger partial charge in [-0.05, 0) is 51.0 Å². The quantitative estimate of drug-likeness (QED) is 0.676. The number of carbonyl (C=O) groups is 2. The van der Waals surface area contributed by atoms with Crippen LogP contribution in [0.2, 0.25) is 0 Å². The third-order valence-corrected chi connectivity index (χ3v) is 6.04. The number of amides is 2. The van der Waals surface area contributed by atoms with Crippen LogP contribution in [0.15, 0.2) is 0 Å². The molecule has 27 heavy (non-hydrogen) atoms. The van der Waals surface area contributed by atoms with Gasteiger partial charge in [-0.1, -0.05) is 33.1 Å². The Labute approximate surface area is 164 Å². The van der Waals surface area contributed by atoms with Gasteiger partial charge in [0.05, 0.1) is 6.10 Å². The molecule has 0 bridgehead atoms. The molecule has 0 spiro atoms. The SMILES string of the molecule is CC(C)C(=O)NC(C(=O)N1CCCC(CN)C1)C(C)OCC1CCCCC1. The molecular weight excluding hydrogens is 342 g/mol. The summed E-state index contributed by atoms with van der Waals surface area (Å²) in [5.41, 5.74) is 5.82. The molecule has 1 aliphatic heterocycles. The first-order chi connectivity index (χ1) is 12.9. The highest BCUT2D eigenvalue weighted by Gasteiger charge is 2.34. The summed E-state index contributed by atoms with van der Waals surface area (Å²) >= 11 is 0. The van der Waals surface area contributed by atoms with Gasteiger partial charge in [-0.25, -0.2) is 0 Å². The van der Waals surface area contributed by atoms with Gasteiger partial charge in [-0.2, -0.15) is 0 Å². The summed E-state index contributed by atoms with van der Waals surface area (Å²) in [6.07, 6.45) is 7.95. The van der Waals surface area contributed by atoms with Crippen LogP contribution in [0.3, 0.4) is 0 Å². The average molecular weight is 382 g/mol. The molecule has 3 atom stereocenters. The number of nitrogens with zero attached hydrogens (tertiary/aromatic N) is 1. The van der Waals surface area contributed by atoms with Crippen molar-refractivity contribution in [2.45, 2.75) is 77.9 Å². The lowest BCUT2D eigenvalue weighted by atomic mass is 9.90. The lowest BCUT2D eigenvalue weighted by Gasteiger charge is -2.36. The maximum Gasteiger partial charge on any atom is 0.247 e. The second-order valence-electron chi connectivity index (χ2n) is 8.71. The fourth-order valence-electron chi connectivity index (χ4n) is 4.09. The number of rotatable bonds is 8. The molecule has 0 radical (unpaired) electrons. The van der Waals surface area contributed by atoms with Crippen LogP contribution < -0.4 is 11.1 Å². The topological polar surface area (TPSA) is 84.7 Å². The zero-order valence-corrected chi connectivity index (χ0v) is 17.4. The van der Waals surface area contributed by atoms with E-state index in [1.807, 2.05) is 25.7 Å². The minimum atomic E-state index is -0.625. The van der Waals surface area contributed by atoms with Crippen molar-refractivity contribution in [3.8, 4) is 0 Å². The molecule has 0 aromatic heterocycles. The van der Waals surface area contributed by atoms with Crippen molar-refractivity contribution in [2.24, 2.45) is 23.5 Å². The van der Waals surface area contributed by atoms with E-state index in [9.17, 15) is 9.59 Å². The van der Waals surface area contributed by atoms with E-state index in [-0.39, 0.29) is 23.8 Å². The first-order valence-electron chi connectivity index (χ1n) is 10.8. The molecule has 3 unspecified atom stereocenters. The Kier molecular flexibility index (Phi) is 9.03. The number of ether oxygens (including phenoxy) is 1. The van der Waals surface area contributed by atoms with Gasteiger partial charge in [-0.15, -0.1) is 0 Å². The molecule has 1 heterocycles. The van der Waals surface area contributed by atoms with Crippen LogP contribution in [0.25, 0.3) is 0 Å². The normalized spacial score (nSPS) is 23.9. The second kappa shape index (κ2) is 11.0. The number of nitrogens with one attached hydrogen (secondary N) is 1. The maximum atomic E-state index is 13.2. The summed E-state index contributed by atoms with van der Waals surface area (Å²) in [5.74, 6) is 0.633. The molecule has 6 nitrogen and oxygen atoms in total. The third kappa shape index (κ3) is 6.75. The van der Waals surface area contributed by atoms with Crippen LogP contribution in [0.4, 0.5) is 0 Å². The van der Waals surface area contributed by atoms with Gasteiger partial charge in [-0.3, -0.25) is 9.59 Å². The Hall–Kier alpha value is -1.14. The van der Waals surface area contributed by atoms with Crippen molar-refractivity contribution >= 4 is 11.8 Å². The van der Waals surface area contributed by atoms with Crippen molar-refractivity contribution in [1.29, 1.82) is 0 Å². The summed E-state index contributed by atoms with van der Waals surface area (Å²) in [5, 5.41) is 2.95. The molecule has 0 aromatic rings. The van der Waals surface area contributed by atoms with E-state index < -0.39 is 6.04 Å². The van der Waals surface area contributed by atoms with E-state index >= 15 is 0 Å². The van der Waals surface area contributed by atoms with Crippen LogP contribution in [0.5, 0.6) is 0 Å². The Morgan fingerprint density at radius 1 is 1.07 bits per heavy atom. The highest BCUT2D eigenvalue weighted by molar-refractivity contribution is 5.88. The number of nitrogens with two attached hydrogens (primary N) is 1. The summed E-state index contributed by atoms with van der Waals surface area (Å²) in [7, 11) is 0. The first kappa shape index (κ1) is 22.2. The number of hydrogen-bond acceptors (Lipinski definition) is 4. The Morgan fingerprint density at radius 3 is 2.37 bits per heavy atom. The zero-order valence-electron chi connectivity index (χ0n) is 17.4. The molecule has 1 aliphatic carbocycles. The fourth-order valence-corrected chi connectivity index (χ4v) is 4.09. The van der Waals surface area contributed by atoms with E-state index in [2.05, 4.69) is 5.32 Å². The fraction of sp³-hybridized carbons (Fsp3) is 0.905. The van der Waals surface area contributed by atoms with Crippen molar-refractivity contribution in [2.75, 3.05) is 26.2 Å². The molecule has 0 aromatic carbocycles. The molecule has 2 amide bonds. The lowest BCUT2D eigenvalue weighted by Crippen LogP contribution is -2.57. The smallest absolute Gasteiger partial charge is 0.247 e. The van der Waals surface area contributed by atoms with Crippen LogP contribution in [-0.4, -0.2) is 55.1 Å². The highest BCUT2D eigenvalue weighted by atomic mass is 16.5. The summed E-state index contributed by atoms with van der Waals surface area (Å²) < 4.78 is 6.10. The third-order valence-electron chi connectivity index (χ3n) is 6.04. The molecule has 3 N–H and O–H groups in total. The second-order valence-corrected chi connectivity index (χ2v) is 8.71. The van der Waals surface area contributed by atoms with Crippen LogP contribution >= 0.6 is 0 Å². The lowest BCUT2D eigenvalue weighted by molar-refractivity contribution is -0.143. The number of piperidine rings is 1. The standard InChI is InChI=1S/C21H39N3O3/c1-15(2)20(25)23-19(16(3)27-14-17-8-5-4-6-9-17)21(26)24-11-7-10-18(12-22)13-24/h15-19H,4-14,22H2,1-3H3,(H,23,25). The molecule has 2 rings (SSSR count). The minimum Gasteiger partial charge on any atom is -0.376 e. The van der Waals surface area contributed by atoms with Gasteiger partial charge in [0.1, 0.15) is 6.04 Å². The van der Waals surface area contributed by atoms with E-state index in [1.165, 1.54) is 32.1 Å². The largest absolute Gasteiger partial charge is 0.376 e. The molecule has 1 saturated carbocycles. The molecule has 1 saturated heterocycles. The summed E-state index contributed by atoms with van der Waals surface area (Å²) in [6.45, 7) is 8.29. The predicted octanol–water partition coefficient (Wildman–Crippen LogP) is 2.31. The minimum absolute atomic E-state index is 0.0294. The van der Waals surface area contributed by atoms with Crippen LogP contribution in [0.1, 0.15) is 65.7 Å². The van der Waals surface area contributed by atoms with Gasteiger partial charge in [0, 0.05) is 25.6 Å². The maximum absolute atomic E-state index is 13.2. The molecule has 6 heteroatoms. The average Bonchev–Trinajstić information content (AvgIpc) is 2.70. The van der Waals surface area contributed by atoms with Crippen LogP contribution in [0, 0.1) is 17.8 Å². The number of carbonyl (C=O) groups excluding carboxylic acids is 2. The Morgan fingerprint density at radius 2 is 1.74 bits per heavy atom. The number of hydrogen-bond donors (Lipinski definition) is 2. The van der Waals surface area contributed by atoms with Crippen molar-refractivity contribution in [3.63, 3.8) is 0 Å². The Balaban J connectivity index is 1.99. The van der Waals surface area contributed by atoms with Gasteiger partial charge in [0.15, 0.2) is 0 Å². The van der Waals surface area contributed by atoms with Crippen LogP contribution in [-0.2, 0) is 14.3 Å². The van der Waals surface area contributed by atoms with Gasteiger partial charge in [0.2, 0.25) is 11.8 Å². The van der Waals surface area contributed by atoms with Gasteiger partial charge in [0.25, 0.3) is 0 Å². The number of likely N-dealkylation sites (tertiary alicyclic amines) is 1. The highest BCUT2D eigenvalue weighted by Crippen LogP contribution is 2.24. The zero-order chi connectivity index (χ0) is 19.8. The molecule has 2 fully saturated rings. The van der Waals surface area contributed by atoms with E-state index in [0.717, 1.165) is 19.4 Å². The van der Waals surface area contributed by atoms with E-state index in [4.69, 9.17) is 10.5 Å². The molecular formula is C21H39N3O3. The Bertz CT molecular complexity index is 477. The van der Waals surface area contributed by atoms with Crippen molar-refractivity contribution in [3.05, 3.63) is 0 Å². The van der Waals surface area contributed by atoms with E-state index in [0.29, 0.717) is 31.5 Å². The monoisotopic (exact) mass is 381 g/mol. The molecule has 156 valence electrons. The summed E-state index contributed by atoms with van der Waals surface area (Å²) in [4.78, 5) is 27.4. The molecule has 2 aliphatic rings. The van der Waals surface area contributed by atoms with Crippen molar-refractivity contribution < 1.29 is 14.3 Å².